The van der Waals surface area contributed by atoms with Crippen molar-refractivity contribution in [3.05, 3.63) is 36.7 Å². The monoisotopic (exact) mass is 319 g/mol. The zero-order chi connectivity index (χ0) is 15.6. The molecule has 2 aromatic rings. The normalized spacial score (nSPS) is 21.4. The van der Waals surface area contributed by atoms with Gasteiger partial charge in [0.1, 0.15) is 0 Å². The third-order valence-electron chi connectivity index (χ3n) is 4.18. The first kappa shape index (κ1) is 15.4. The van der Waals surface area contributed by atoms with E-state index in [1.54, 1.807) is 28.8 Å². The van der Waals surface area contributed by atoms with E-state index in [4.69, 9.17) is 0 Å². The van der Waals surface area contributed by atoms with Crippen LogP contribution in [-0.2, 0) is 10.0 Å². The summed E-state index contributed by atoms with van der Waals surface area (Å²) in [6, 6.07) is 7.10. The number of hydrogen-bond donors (Lipinski definition) is 1. The molecule has 3 rings (SSSR count). The van der Waals surface area contributed by atoms with Crippen LogP contribution in [0.3, 0.4) is 0 Å². The Labute approximate surface area is 131 Å². The number of hydrogen-bond acceptors (Lipinski definition) is 4. The summed E-state index contributed by atoms with van der Waals surface area (Å²) in [6.45, 7) is 4.26. The lowest BCUT2D eigenvalue weighted by Crippen LogP contribution is -2.43. The molecular weight excluding hydrogens is 298 g/mol. The molecule has 0 aliphatic carbocycles. The fourth-order valence-electron chi connectivity index (χ4n) is 2.87. The molecule has 5 nitrogen and oxygen atoms in total. The lowest BCUT2D eigenvalue weighted by molar-refractivity contribution is 0.297. The molecule has 0 bridgehead atoms. The van der Waals surface area contributed by atoms with Crippen LogP contribution in [0.25, 0.3) is 10.8 Å². The number of nitrogens with one attached hydrogen (secondary N) is 1. The van der Waals surface area contributed by atoms with E-state index >= 15 is 0 Å². The quantitative estimate of drug-likeness (QED) is 0.919. The van der Waals surface area contributed by atoms with Crippen LogP contribution in [0.15, 0.2) is 41.6 Å². The largest absolute Gasteiger partial charge is 0.317 e. The van der Waals surface area contributed by atoms with Gasteiger partial charge in [0.2, 0.25) is 10.0 Å². The minimum atomic E-state index is -3.46. The summed E-state index contributed by atoms with van der Waals surface area (Å²) in [7, 11) is -3.46. The molecule has 0 saturated carbocycles. The van der Waals surface area contributed by atoms with Gasteiger partial charge in [0.25, 0.3) is 0 Å². The summed E-state index contributed by atoms with van der Waals surface area (Å²) >= 11 is 0. The maximum Gasteiger partial charge on any atom is 0.243 e. The SMILES string of the molecule is C[C@H]1CCNCCCN1S(=O)(=O)c1ccc2cnccc2c1. The third kappa shape index (κ3) is 2.99. The number of sulfonamides is 1. The van der Waals surface area contributed by atoms with Crippen molar-refractivity contribution in [2.45, 2.75) is 30.7 Å². The Kier molecular flexibility index (Phi) is 4.42. The number of rotatable bonds is 2. The first-order valence-corrected chi connectivity index (χ1v) is 9.09. The molecule has 0 radical (unpaired) electrons. The molecular formula is C16H21N3O2S. The second-order valence-corrected chi connectivity index (χ2v) is 7.63. The van der Waals surface area contributed by atoms with Crippen LogP contribution in [0.5, 0.6) is 0 Å². The maximum absolute atomic E-state index is 13.0. The molecule has 1 aromatic heterocycles. The molecule has 22 heavy (non-hydrogen) atoms. The van der Waals surface area contributed by atoms with Crippen LogP contribution in [-0.4, -0.2) is 43.4 Å². The molecule has 1 aliphatic rings. The average molecular weight is 319 g/mol. The van der Waals surface area contributed by atoms with Gasteiger partial charge in [0.05, 0.1) is 4.90 Å². The van der Waals surface area contributed by atoms with Crippen LogP contribution in [0.2, 0.25) is 0 Å². The van der Waals surface area contributed by atoms with E-state index in [9.17, 15) is 8.42 Å². The first-order valence-electron chi connectivity index (χ1n) is 7.65. The standard InChI is InChI=1S/C16H21N3O2S/c1-13-5-8-17-7-2-10-19(13)22(20,21)16-4-3-15-12-18-9-6-14(15)11-16/h3-4,6,9,11-13,17H,2,5,7-8,10H2,1H3/t13-/m0/s1. The van der Waals surface area contributed by atoms with E-state index < -0.39 is 10.0 Å². The molecule has 1 aliphatic heterocycles. The molecule has 1 N–H and O–H groups in total. The molecule has 118 valence electrons. The van der Waals surface area contributed by atoms with Crippen molar-refractivity contribution in [3.8, 4) is 0 Å². The molecule has 0 unspecified atom stereocenters. The molecule has 1 saturated heterocycles. The predicted octanol–water partition coefficient (Wildman–Crippen LogP) is 2.00. The summed E-state index contributed by atoms with van der Waals surface area (Å²) in [5.41, 5.74) is 0. The van der Waals surface area contributed by atoms with Crippen molar-refractivity contribution >= 4 is 20.8 Å². The number of benzene rings is 1. The van der Waals surface area contributed by atoms with Gasteiger partial charge < -0.3 is 5.32 Å². The third-order valence-corrected chi connectivity index (χ3v) is 6.19. The Balaban J connectivity index is 1.98. The van der Waals surface area contributed by atoms with Crippen molar-refractivity contribution in [1.29, 1.82) is 0 Å². The van der Waals surface area contributed by atoms with E-state index in [0.717, 1.165) is 36.7 Å². The first-order chi connectivity index (χ1) is 10.6. The fourth-order valence-corrected chi connectivity index (χ4v) is 4.61. The van der Waals surface area contributed by atoms with Gasteiger partial charge in [-0.3, -0.25) is 4.98 Å². The Hall–Kier alpha value is -1.50. The van der Waals surface area contributed by atoms with E-state index in [1.807, 2.05) is 19.1 Å². The van der Waals surface area contributed by atoms with Crippen molar-refractivity contribution in [2.75, 3.05) is 19.6 Å². The average Bonchev–Trinajstić information content (AvgIpc) is 2.50. The highest BCUT2D eigenvalue weighted by Crippen LogP contribution is 2.24. The zero-order valence-electron chi connectivity index (χ0n) is 12.7. The van der Waals surface area contributed by atoms with Gasteiger partial charge in [-0.15, -0.1) is 0 Å². The minimum Gasteiger partial charge on any atom is -0.317 e. The number of aromatic nitrogens is 1. The van der Waals surface area contributed by atoms with E-state index in [1.165, 1.54) is 0 Å². The van der Waals surface area contributed by atoms with Crippen LogP contribution in [0, 0.1) is 0 Å². The molecule has 1 fully saturated rings. The lowest BCUT2D eigenvalue weighted by atomic mass is 10.2. The van der Waals surface area contributed by atoms with E-state index in [2.05, 4.69) is 10.3 Å². The zero-order valence-corrected chi connectivity index (χ0v) is 13.5. The Morgan fingerprint density at radius 1 is 1.23 bits per heavy atom. The second kappa shape index (κ2) is 6.32. The number of nitrogens with zero attached hydrogens (tertiary/aromatic N) is 2. The smallest absolute Gasteiger partial charge is 0.243 e. The summed E-state index contributed by atoms with van der Waals surface area (Å²) in [4.78, 5) is 4.43. The van der Waals surface area contributed by atoms with Crippen molar-refractivity contribution in [1.82, 2.24) is 14.6 Å². The van der Waals surface area contributed by atoms with E-state index in [-0.39, 0.29) is 6.04 Å². The highest BCUT2D eigenvalue weighted by atomic mass is 32.2. The second-order valence-electron chi connectivity index (χ2n) is 5.74. The van der Waals surface area contributed by atoms with Gasteiger partial charge in [0.15, 0.2) is 0 Å². The van der Waals surface area contributed by atoms with Crippen molar-refractivity contribution < 1.29 is 8.42 Å². The van der Waals surface area contributed by atoms with Gasteiger partial charge in [-0.2, -0.15) is 4.31 Å². The van der Waals surface area contributed by atoms with Crippen LogP contribution >= 0.6 is 0 Å². The topological polar surface area (TPSA) is 62.3 Å². The highest BCUT2D eigenvalue weighted by molar-refractivity contribution is 7.89. The van der Waals surface area contributed by atoms with Gasteiger partial charge in [-0.05, 0) is 56.4 Å². The molecule has 0 spiro atoms. The fraction of sp³-hybridized carbons (Fsp3) is 0.438. The van der Waals surface area contributed by atoms with Crippen molar-refractivity contribution in [3.63, 3.8) is 0 Å². The summed E-state index contributed by atoms with van der Waals surface area (Å²) in [6.07, 6.45) is 5.09. The summed E-state index contributed by atoms with van der Waals surface area (Å²) in [5, 5.41) is 5.18. The van der Waals surface area contributed by atoms with Gasteiger partial charge >= 0.3 is 0 Å². The predicted molar refractivity (Wildman–Crippen MR) is 87.2 cm³/mol. The number of fused-ring (bicyclic) bond motifs is 1. The van der Waals surface area contributed by atoms with Crippen LogP contribution < -0.4 is 5.32 Å². The molecule has 6 heteroatoms. The molecule has 1 atom stereocenters. The Bertz CT molecular complexity index is 761. The lowest BCUT2D eigenvalue weighted by Gasteiger charge is -2.30. The maximum atomic E-state index is 13.0. The summed E-state index contributed by atoms with van der Waals surface area (Å²) < 4.78 is 27.6. The molecule has 1 aromatic carbocycles. The Morgan fingerprint density at radius 2 is 2.09 bits per heavy atom. The van der Waals surface area contributed by atoms with Gasteiger partial charge in [-0.25, -0.2) is 8.42 Å². The molecule has 2 heterocycles. The molecule has 0 amide bonds. The van der Waals surface area contributed by atoms with E-state index in [0.29, 0.717) is 11.4 Å². The highest BCUT2D eigenvalue weighted by Gasteiger charge is 2.29. The van der Waals surface area contributed by atoms with Crippen molar-refractivity contribution in [2.24, 2.45) is 0 Å². The van der Waals surface area contributed by atoms with Gasteiger partial charge in [-0.1, -0.05) is 6.07 Å². The van der Waals surface area contributed by atoms with Crippen LogP contribution in [0.1, 0.15) is 19.8 Å². The summed E-state index contributed by atoms with van der Waals surface area (Å²) in [5.74, 6) is 0. The number of pyridine rings is 1. The Morgan fingerprint density at radius 3 is 2.95 bits per heavy atom. The minimum absolute atomic E-state index is 0.00550. The van der Waals surface area contributed by atoms with Gasteiger partial charge in [0, 0.05) is 30.4 Å². The van der Waals surface area contributed by atoms with Crippen LogP contribution in [0.4, 0.5) is 0 Å².